The summed E-state index contributed by atoms with van der Waals surface area (Å²) in [7, 11) is -2.00. The van der Waals surface area contributed by atoms with E-state index < -0.39 is 14.4 Å². The summed E-state index contributed by atoms with van der Waals surface area (Å²) in [6.45, 7) is 16.9. The predicted octanol–water partition coefficient (Wildman–Crippen LogP) is 8.15. The SMILES string of the molecule is CC(=O)O[C@@H](C[C@H](O)CC/C(C)=C/Cc1ccccc1)C[C@@H](C/C(C)=C/I)O[Si](C)(C)C(C)(C)C. The number of aliphatic hydroxyl groups is 1. The molecule has 0 saturated heterocycles. The standard InChI is InChI=1S/C29H47IO4Si/c1-22(14-16-25-12-10-9-11-13-25)15-17-26(32)19-27(33-24(3)31)20-28(18-23(2)21-30)34-35(7,8)29(4,5)6/h9-14,21,26-28,32H,15-20H2,1-8H3/b22-14+,23-21+/t26-,27+,28-/m1/s1. The number of carbonyl (C=O) groups excluding carboxylic acids is 1. The van der Waals surface area contributed by atoms with E-state index in [0.717, 1.165) is 19.3 Å². The highest BCUT2D eigenvalue weighted by Crippen LogP contribution is 2.38. The van der Waals surface area contributed by atoms with E-state index in [1.807, 2.05) is 6.07 Å². The second-order valence-corrected chi connectivity index (χ2v) is 16.7. The molecular formula is C29H47IO4Si. The fraction of sp³-hybridized carbons (Fsp3) is 0.621. The quantitative estimate of drug-likeness (QED) is 0.0995. The van der Waals surface area contributed by atoms with Gasteiger partial charge in [0.1, 0.15) is 6.10 Å². The highest BCUT2D eigenvalue weighted by molar-refractivity contribution is 14.1. The minimum Gasteiger partial charge on any atom is -0.462 e. The van der Waals surface area contributed by atoms with Crippen molar-refractivity contribution in [3.8, 4) is 0 Å². The molecule has 0 spiro atoms. The fourth-order valence-corrected chi connectivity index (χ4v) is 5.34. The van der Waals surface area contributed by atoms with Gasteiger partial charge in [0.15, 0.2) is 8.32 Å². The average molecular weight is 615 g/mol. The molecule has 0 unspecified atom stereocenters. The molecule has 1 aromatic carbocycles. The van der Waals surface area contributed by atoms with Gasteiger partial charge < -0.3 is 14.3 Å². The first kappa shape index (κ1) is 32.1. The molecule has 3 atom stereocenters. The van der Waals surface area contributed by atoms with Crippen molar-refractivity contribution < 1.29 is 19.1 Å². The second kappa shape index (κ2) is 15.3. The van der Waals surface area contributed by atoms with Gasteiger partial charge in [-0.15, -0.1) is 0 Å². The Hall–Kier alpha value is -0.963. The van der Waals surface area contributed by atoms with Crippen molar-refractivity contribution in [3.63, 3.8) is 0 Å². The molecule has 4 nitrogen and oxygen atoms in total. The molecule has 6 heteroatoms. The number of hydrogen-bond acceptors (Lipinski definition) is 4. The lowest BCUT2D eigenvalue weighted by molar-refractivity contribution is -0.149. The van der Waals surface area contributed by atoms with Crippen LogP contribution in [0.2, 0.25) is 18.1 Å². The molecule has 0 bridgehead atoms. The van der Waals surface area contributed by atoms with Gasteiger partial charge in [0.25, 0.3) is 0 Å². The van der Waals surface area contributed by atoms with Gasteiger partial charge in [-0.25, -0.2) is 0 Å². The Kier molecular flexibility index (Phi) is 14.0. The van der Waals surface area contributed by atoms with E-state index in [4.69, 9.17) is 9.16 Å². The predicted molar refractivity (Wildman–Crippen MR) is 158 cm³/mol. The van der Waals surface area contributed by atoms with Gasteiger partial charge in [0.05, 0.1) is 12.2 Å². The van der Waals surface area contributed by atoms with Crippen molar-refractivity contribution in [3.05, 3.63) is 57.2 Å². The van der Waals surface area contributed by atoms with Gasteiger partial charge in [0, 0.05) is 19.8 Å². The average Bonchev–Trinajstić information content (AvgIpc) is 2.75. The van der Waals surface area contributed by atoms with Crippen LogP contribution < -0.4 is 0 Å². The van der Waals surface area contributed by atoms with Crippen LogP contribution in [-0.4, -0.2) is 37.7 Å². The summed E-state index contributed by atoms with van der Waals surface area (Å²) in [6, 6.07) is 10.4. The Morgan fingerprint density at radius 2 is 1.69 bits per heavy atom. The minimum atomic E-state index is -2.00. The maximum absolute atomic E-state index is 11.9. The summed E-state index contributed by atoms with van der Waals surface area (Å²) in [6.07, 6.45) is 5.46. The van der Waals surface area contributed by atoms with E-state index in [2.05, 4.69) is 105 Å². The highest BCUT2D eigenvalue weighted by atomic mass is 127. The zero-order chi connectivity index (χ0) is 26.6. The maximum Gasteiger partial charge on any atom is 0.302 e. The molecule has 0 aliphatic heterocycles. The van der Waals surface area contributed by atoms with Crippen LogP contribution in [0.3, 0.4) is 0 Å². The number of benzene rings is 1. The first-order valence-electron chi connectivity index (χ1n) is 12.7. The van der Waals surface area contributed by atoms with Crippen molar-refractivity contribution in [2.45, 2.75) is 117 Å². The molecule has 0 amide bonds. The van der Waals surface area contributed by atoms with E-state index in [-0.39, 0.29) is 23.2 Å². The van der Waals surface area contributed by atoms with Crippen molar-refractivity contribution >= 4 is 36.9 Å². The van der Waals surface area contributed by atoms with E-state index in [0.29, 0.717) is 19.3 Å². The Morgan fingerprint density at radius 1 is 1.06 bits per heavy atom. The minimum absolute atomic E-state index is 0.0500. The summed E-state index contributed by atoms with van der Waals surface area (Å²) in [5.41, 5.74) is 3.79. The van der Waals surface area contributed by atoms with Gasteiger partial charge in [-0.2, -0.15) is 0 Å². The van der Waals surface area contributed by atoms with Gasteiger partial charge in [-0.05, 0) is 67.3 Å². The Labute approximate surface area is 228 Å². The molecule has 1 rings (SSSR count). The van der Waals surface area contributed by atoms with Crippen LogP contribution in [0.5, 0.6) is 0 Å². The van der Waals surface area contributed by atoms with Crippen molar-refractivity contribution in [1.29, 1.82) is 0 Å². The zero-order valence-electron chi connectivity index (χ0n) is 23.1. The van der Waals surface area contributed by atoms with Crippen LogP contribution in [-0.2, 0) is 20.4 Å². The van der Waals surface area contributed by atoms with Gasteiger partial charge in [-0.1, -0.05) is 90.9 Å². The normalized spacial score (nSPS) is 16.1. The summed E-state index contributed by atoms with van der Waals surface area (Å²) >= 11 is 2.26. The molecule has 0 radical (unpaired) electrons. The molecule has 35 heavy (non-hydrogen) atoms. The van der Waals surface area contributed by atoms with Crippen LogP contribution in [0.4, 0.5) is 0 Å². The van der Waals surface area contributed by atoms with Crippen LogP contribution in [0.1, 0.15) is 79.2 Å². The number of halogens is 1. The lowest BCUT2D eigenvalue weighted by atomic mass is 9.97. The van der Waals surface area contributed by atoms with E-state index in [9.17, 15) is 9.90 Å². The van der Waals surface area contributed by atoms with Gasteiger partial charge in [-0.3, -0.25) is 4.79 Å². The second-order valence-electron chi connectivity index (χ2n) is 11.3. The Morgan fingerprint density at radius 3 is 2.23 bits per heavy atom. The summed E-state index contributed by atoms with van der Waals surface area (Å²) < 4.78 is 14.5. The number of allylic oxidation sites excluding steroid dienone is 2. The molecule has 0 saturated carbocycles. The van der Waals surface area contributed by atoms with Crippen LogP contribution in [0.25, 0.3) is 0 Å². The lowest BCUT2D eigenvalue weighted by Crippen LogP contribution is -2.45. The number of rotatable bonds is 14. The number of aliphatic hydroxyl groups excluding tert-OH is 1. The monoisotopic (exact) mass is 614 g/mol. The number of carbonyl (C=O) groups is 1. The highest BCUT2D eigenvalue weighted by Gasteiger charge is 2.39. The number of ether oxygens (including phenoxy) is 1. The molecule has 0 aliphatic carbocycles. The molecule has 1 aromatic rings. The van der Waals surface area contributed by atoms with Crippen LogP contribution in [0, 0.1) is 0 Å². The summed E-state index contributed by atoms with van der Waals surface area (Å²) in [5, 5.41) is 10.9. The van der Waals surface area contributed by atoms with Gasteiger partial charge >= 0.3 is 5.97 Å². The van der Waals surface area contributed by atoms with Crippen molar-refractivity contribution in [2.24, 2.45) is 0 Å². The third-order valence-corrected chi connectivity index (χ3v) is 12.4. The van der Waals surface area contributed by atoms with E-state index in [1.165, 1.54) is 23.6 Å². The molecule has 0 heterocycles. The molecule has 198 valence electrons. The molecule has 0 aliphatic rings. The largest absolute Gasteiger partial charge is 0.462 e. The molecule has 0 fully saturated rings. The molecular weight excluding hydrogens is 567 g/mol. The zero-order valence-corrected chi connectivity index (χ0v) is 26.2. The van der Waals surface area contributed by atoms with Crippen LogP contribution in [0.15, 0.2) is 51.6 Å². The van der Waals surface area contributed by atoms with E-state index >= 15 is 0 Å². The van der Waals surface area contributed by atoms with Gasteiger partial charge in [0.2, 0.25) is 0 Å². The lowest BCUT2D eigenvalue weighted by Gasteiger charge is -2.40. The summed E-state index contributed by atoms with van der Waals surface area (Å²) in [5.74, 6) is -0.312. The fourth-order valence-electron chi connectivity index (χ4n) is 3.71. The smallest absolute Gasteiger partial charge is 0.302 e. The van der Waals surface area contributed by atoms with Crippen molar-refractivity contribution in [2.75, 3.05) is 0 Å². The Bertz CT molecular complexity index is 827. The third-order valence-electron chi connectivity index (χ3n) is 6.80. The maximum atomic E-state index is 11.9. The topological polar surface area (TPSA) is 55.8 Å². The van der Waals surface area contributed by atoms with E-state index in [1.54, 1.807) is 0 Å². The number of esters is 1. The Balaban J connectivity index is 2.81. The summed E-state index contributed by atoms with van der Waals surface area (Å²) in [4.78, 5) is 11.9. The first-order chi connectivity index (χ1) is 16.2. The molecule has 0 aromatic heterocycles. The van der Waals surface area contributed by atoms with Crippen LogP contribution >= 0.6 is 22.6 Å². The third kappa shape index (κ3) is 13.2. The van der Waals surface area contributed by atoms with Crippen molar-refractivity contribution in [1.82, 2.24) is 0 Å². The number of hydrogen-bond donors (Lipinski definition) is 1. The molecule has 1 N–H and O–H groups in total. The first-order valence-corrected chi connectivity index (χ1v) is 16.9.